The Bertz CT molecular complexity index is 1150. The summed E-state index contributed by atoms with van der Waals surface area (Å²) in [5, 5.41) is 6.09. The number of pyridine rings is 1. The van der Waals surface area contributed by atoms with Gasteiger partial charge in [-0.15, -0.1) is 0 Å². The van der Waals surface area contributed by atoms with E-state index in [-0.39, 0.29) is 17.5 Å². The zero-order valence-corrected chi connectivity index (χ0v) is 17.2. The van der Waals surface area contributed by atoms with Crippen LogP contribution >= 0.6 is 0 Å². The number of hydrogen-bond acceptors (Lipinski definition) is 7. The van der Waals surface area contributed by atoms with E-state index in [9.17, 15) is 9.59 Å². The van der Waals surface area contributed by atoms with E-state index in [1.165, 1.54) is 11.2 Å². The zero-order valence-electron chi connectivity index (χ0n) is 17.2. The van der Waals surface area contributed by atoms with Crippen LogP contribution in [0, 0.1) is 5.92 Å². The summed E-state index contributed by atoms with van der Waals surface area (Å²) in [5.74, 6) is 0.369. The van der Waals surface area contributed by atoms with E-state index in [0.717, 1.165) is 36.3 Å². The number of nitrogens with zero attached hydrogens (tertiary/aromatic N) is 3. The molecule has 1 amide bonds. The average Bonchev–Trinajstić information content (AvgIpc) is 3.58. The van der Waals surface area contributed by atoms with Crippen molar-refractivity contribution < 1.29 is 23.2 Å². The highest BCUT2D eigenvalue weighted by molar-refractivity contribution is 6.08. The fourth-order valence-corrected chi connectivity index (χ4v) is 4.25. The molecule has 0 bridgehead atoms. The van der Waals surface area contributed by atoms with E-state index in [0.29, 0.717) is 5.76 Å². The number of hydrogen-bond donors (Lipinski definition) is 0. The van der Waals surface area contributed by atoms with Crippen LogP contribution in [0.5, 0.6) is 0 Å². The van der Waals surface area contributed by atoms with Crippen molar-refractivity contribution in [2.45, 2.75) is 25.3 Å². The van der Waals surface area contributed by atoms with Crippen LogP contribution in [0.15, 0.2) is 80.8 Å². The Morgan fingerprint density at radius 3 is 2.78 bits per heavy atom. The van der Waals surface area contributed by atoms with Crippen molar-refractivity contribution in [1.82, 2.24) is 9.99 Å². The molecule has 0 radical (unpaired) electrons. The summed E-state index contributed by atoms with van der Waals surface area (Å²) in [5.41, 5.74) is 2.17. The van der Waals surface area contributed by atoms with Gasteiger partial charge in [-0.2, -0.15) is 5.10 Å². The molecule has 0 saturated heterocycles. The number of hydrazone groups is 1. The van der Waals surface area contributed by atoms with E-state index in [1.54, 1.807) is 36.9 Å². The van der Waals surface area contributed by atoms with Crippen LogP contribution in [0.25, 0.3) is 6.08 Å². The lowest BCUT2D eigenvalue weighted by Gasteiger charge is -2.27. The van der Waals surface area contributed by atoms with Gasteiger partial charge in [-0.25, -0.2) is 9.80 Å². The molecule has 8 nitrogen and oxygen atoms in total. The number of allylic oxidation sites excluding steroid dienone is 1. The third kappa shape index (κ3) is 3.87. The first-order valence-corrected chi connectivity index (χ1v) is 10.5. The van der Waals surface area contributed by atoms with Gasteiger partial charge in [0.25, 0.3) is 5.91 Å². The Balaban J connectivity index is 1.40. The summed E-state index contributed by atoms with van der Waals surface area (Å²) in [7, 11) is 0. The summed E-state index contributed by atoms with van der Waals surface area (Å²) in [6, 6.07) is 10.2. The minimum atomic E-state index is -0.608. The van der Waals surface area contributed by atoms with Gasteiger partial charge in [0, 0.05) is 18.3 Å². The Kier molecular flexibility index (Phi) is 5.41. The molecule has 2 aliphatic rings. The first-order chi connectivity index (χ1) is 15.7. The Labute approximate surface area is 184 Å². The lowest BCUT2D eigenvalue weighted by atomic mass is 9.79. The number of furan rings is 2. The van der Waals surface area contributed by atoms with E-state index in [4.69, 9.17) is 13.6 Å². The van der Waals surface area contributed by atoms with Gasteiger partial charge in [-0.05, 0) is 67.3 Å². The van der Waals surface area contributed by atoms with Crippen molar-refractivity contribution in [1.29, 1.82) is 0 Å². The lowest BCUT2D eigenvalue weighted by Crippen LogP contribution is -2.34. The largest absolute Gasteiger partial charge is 0.467 e. The second-order valence-corrected chi connectivity index (χ2v) is 7.69. The van der Waals surface area contributed by atoms with Gasteiger partial charge in [0.2, 0.25) is 0 Å². The topological polar surface area (TPSA) is 98.1 Å². The first kappa shape index (κ1) is 20.0. The molecule has 1 aliphatic heterocycles. The molecule has 1 saturated carbocycles. The average molecular weight is 431 g/mol. The van der Waals surface area contributed by atoms with Crippen LogP contribution in [0.3, 0.4) is 0 Å². The van der Waals surface area contributed by atoms with Crippen molar-refractivity contribution in [3.8, 4) is 0 Å². The van der Waals surface area contributed by atoms with Crippen LogP contribution in [-0.4, -0.2) is 34.2 Å². The lowest BCUT2D eigenvalue weighted by molar-refractivity contribution is -0.137. The third-order valence-corrected chi connectivity index (χ3v) is 5.68. The maximum atomic E-state index is 13.1. The smallest absolute Gasteiger partial charge is 0.340 e. The Morgan fingerprint density at radius 1 is 1.16 bits per heavy atom. The summed E-state index contributed by atoms with van der Waals surface area (Å²) >= 11 is 0. The van der Waals surface area contributed by atoms with E-state index in [2.05, 4.69) is 10.1 Å². The Hall–Kier alpha value is -3.94. The fraction of sp³-hybridized carbons (Fsp3) is 0.250. The third-order valence-electron chi connectivity index (χ3n) is 5.68. The Morgan fingerprint density at radius 2 is 2.03 bits per heavy atom. The number of fused-ring (bicyclic) bond motifs is 1. The van der Waals surface area contributed by atoms with Crippen LogP contribution in [-0.2, 0) is 9.53 Å². The van der Waals surface area contributed by atoms with E-state index < -0.39 is 18.5 Å². The molecule has 1 fully saturated rings. The quantitative estimate of drug-likeness (QED) is 0.560. The second-order valence-electron chi connectivity index (χ2n) is 7.69. The second kappa shape index (κ2) is 8.66. The molecule has 2 atom stereocenters. The van der Waals surface area contributed by atoms with Crippen LogP contribution < -0.4 is 0 Å². The normalized spacial score (nSPS) is 21.3. The minimum absolute atomic E-state index is 0.00547. The number of aromatic nitrogens is 1. The number of rotatable bonds is 5. The van der Waals surface area contributed by atoms with Crippen molar-refractivity contribution in [3.05, 3.63) is 84.0 Å². The summed E-state index contributed by atoms with van der Waals surface area (Å²) < 4.78 is 16.4. The van der Waals surface area contributed by atoms with E-state index >= 15 is 0 Å². The molecule has 3 aromatic rings. The van der Waals surface area contributed by atoms with Crippen LogP contribution in [0.4, 0.5) is 0 Å². The molecule has 0 N–H and O–H groups in total. The van der Waals surface area contributed by atoms with Crippen LogP contribution in [0.1, 0.15) is 47.2 Å². The molecule has 5 rings (SSSR count). The molecular weight excluding hydrogens is 410 g/mol. The predicted octanol–water partition coefficient (Wildman–Crippen LogP) is 4.25. The van der Waals surface area contributed by atoms with Gasteiger partial charge in [-0.3, -0.25) is 9.78 Å². The van der Waals surface area contributed by atoms with Gasteiger partial charge in [-0.1, -0.05) is 0 Å². The zero-order chi connectivity index (χ0) is 21.9. The minimum Gasteiger partial charge on any atom is -0.467 e. The standard InChI is InChI=1S/C24H21N3O5/c28-21(15-32-24(29)17-6-2-10-25-14-17)27-23(20-9-4-12-31-20)19-8-1-5-16(22(19)26-27)13-18-7-3-11-30-18/h2-4,6-7,9-14,19,23H,1,5,8,15H2. The predicted molar refractivity (Wildman–Crippen MR) is 114 cm³/mol. The summed E-state index contributed by atoms with van der Waals surface area (Å²) in [6.45, 7) is -0.425. The molecule has 162 valence electrons. The van der Waals surface area contributed by atoms with Gasteiger partial charge < -0.3 is 13.6 Å². The van der Waals surface area contributed by atoms with Crippen molar-refractivity contribution in [3.63, 3.8) is 0 Å². The summed E-state index contributed by atoms with van der Waals surface area (Å²) in [6.07, 6.45) is 10.8. The maximum absolute atomic E-state index is 13.1. The molecule has 32 heavy (non-hydrogen) atoms. The molecule has 8 heteroatoms. The van der Waals surface area contributed by atoms with Crippen LogP contribution in [0.2, 0.25) is 0 Å². The van der Waals surface area contributed by atoms with Gasteiger partial charge in [0.05, 0.1) is 23.8 Å². The number of ether oxygens (including phenoxy) is 1. The molecule has 0 spiro atoms. The molecule has 4 heterocycles. The fourth-order valence-electron chi connectivity index (χ4n) is 4.25. The molecule has 0 aromatic carbocycles. The SMILES string of the molecule is O=C(OCC(=O)N1N=C2C(=Cc3ccco3)CCCC2C1c1ccco1)c1cccnc1. The van der Waals surface area contributed by atoms with Crippen molar-refractivity contribution >= 4 is 23.7 Å². The van der Waals surface area contributed by atoms with Crippen molar-refractivity contribution in [2.24, 2.45) is 11.0 Å². The molecular formula is C24H21N3O5. The highest BCUT2D eigenvalue weighted by Gasteiger charge is 2.45. The number of carbonyl (C=O) groups is 2. The monoisotopic (exact) mass is 431 g/mol. The molecule has 2 unspecified atom stereocenters. The first-order valence-electron chi connectivity index (χ1n) is 10.5. The van der Waals surface area contributed by atoms with Crippen molar-refractivity contribution in [2.75, 3.05) is 6.61 Å². The molecule has 1 aliphatic carbocycles. The molecule has 3 aromatic heterocycles. The number of carbonyl (C=O) groups excluding carboxylic acids is 2. The van der Waals surface area contributed by atoms with Gasteiger partial charge in [0.1, 0.15) is 17.6 Å². The highest BCUT2D eigenvalue weighted by Crippen LogP contribution is 2.44. The van der Waals surface area contributed by atoms with Gasteiger partial charge >= 0.3 is 5.97 Å². The highest BCUT2D eigenvalue weighted by atomic mass is 16.5. The maximum Gasteiger partial charge on any atom is 0.340 e. The van der Waals surface area contributed by atoms with E-state index in [1.807, 2.05) is 24.3 Å². The summed E-state index contributed by atoms with van der Waals surface area (Å²) in [4.78, 5) is 29.2. The van der Waals surface area contributed by atoms with Gasteiger partial charge in [0.15, 0.2) is 6.61 Å². The number of esters is 1. The number of amides is 1.